The molecule has 0 unspecified atom stereocenters. The number of piperidine rings is 1. The van der Waals surface area contributed by atoms with Crippen LogP contribution >= 0.6 is 11.3 Å². The first kappa shape index (κ1) is 22.5. The maximum absolute atomic E-state index is 12.5. The van der Waals surface area contributed by atoms with E-state index in [1.807, 2.05) is 12.1 Å². The van der Waals surface area contributed by atoms with Crippen LogP contribution in [0.5, 0.6) is 0 Å². The molecule has 1 aromatic heterocycles. The van der Waals surface area contributed by atoms with Crippen molar-refractivity contribution in [1.82, 2.24) is 9.88 Å². The van der Waals surface area contributed by atoms with E-state index >= 15 is 0 Å². The van der Waals surface area contributed by atoms with Crippen LogP contribution in [0.25, 0.3) is 11.3 Å². The Morgan fingerprint density at radius 1 is 1.09 bits per heavy atom. The van der Waals surface area contributed by atoms with Crippen LogP contribution in [0, 0.1) is 0 Å². The molecule has 33 heavy (non-hydrogen) atoms. The first-order chi connectivity index (χ1) is 15.9. The molecule has 1 saturated heterocycles. The number of carbonyl (C=O) groups excluding carboxylic acids is 1. The molecule has 0 bridgehead atoms. The largest absolute Gasteiger partial charge is 0.405 e. The number of carbonyl (C=O) groups is 1. The summed E-state index contributed by atoms with van der Waals surface area (Å²) < 4.78 is 5.60. The average Bonchev–Trinajstić information content (AvgIpc) is 3.45. The van der Waals surface area contributed by atoms with E-state index in [1.54, 1.807) is 11.3 Å². The Kier molecular flexibility index (Phi) is 6.27. The summed E-state index contributed by atoms with van der Waals surface area (Å²) in [5, 5.41) is 3.24. The van der Waals surface area contributed by atoms with Gasteiger partial charge in [-0.15, -0.1) is 11.3 Å². The highest BCUT2D eigenvalue weighted by Gasteiger charge is 2.46. The maximum Gasteiger partial charge on any atom is 0.340 e. The van der Waals surface area contributed by atoms with Crippen molar-refractivity contribution in [1.29, 1.82) is 0 Å². The highest BCUT2D eigenvalue weighted by Crippen LogP contribution is 2.37. The van der Waals surface area contributed by atoms with Gasteiger partial charge in [-0.2, -0.15) is 0 Å². The molecule has 0 atom stereocenters. The van der Waals surface area contributed by atoms with Gasteiger partial charge in [0.2, 0.25) is 5.90 Å². The third kappa shape index (κ3) is 4.45. The highest BCUT2D eigenvalue weighted by atomic mass is 32.1. The molecule has 7 heteroatoms. The number of hydrogen-bond donors (Lipinski definition) is 0. The molecule has 1 saturated carbocycles. The minimum Gasteiger partial charge on any atom is -0.405 e. The summed E-state index contributed by atoms with van der Waals surface area (Å²) in [7, 11) is 2.24. The molecule has 0 amide bonds. The molecule has 1 aromatic carbocycles. The van der Waals surface area contributed by atoms with Gasteiger partial charge in [0.15, 0.2) is 10.7 Å². The van der Waals surface area contributed by atoms with Crippen LogP contribution in [0.15, 0.2) is 34.6 Å². The zero-order valence-electron chi connectivity index (χ0n) is 19.9. The van der Waals surface area contributed by atoms with E-state index in [9.17, 15) is 4.79 Å². The molecule has 176 valence electrons. The third-order valence-corrected chi connectivity index (χ3v) is 8.51. The van der Waals surface area contributed by atoms with E-state index in [1.165, 1.54) is 19.3 Å². The molecule has 2 aliphatic heterocycles. The summed E-state index contributed by atoms with van der Waals surface area (Å²) in [6.07, 6.45) is 7.24. The zero-order valence-corrected chi connectivity index (χ0v) is 20.7. The second-order valence-electron chi connectivity index (χ2n) is 9.97. The molecule has 0 radical (unpaired) electrons. The summed E-state index contributed by atoms with van der Waals surface area (Å²) in [5.41, 5.74) is 2.31. The Hall–Kier alpha value is -2.25. The van der Waals surface area contributed by atoms with Gasteiger partial charge in [0.05, 0.1) is 5.69 Å². The monoisotopic (exact) mass is 466 g/mol. The molecule has 3 heterocycles. The Labute approximate surface area is 200 Å². The molecule has 5 rings (SSSR count). The van der Waals surface area contributed by atoms with E-state index in [-0.39, 0.29) is 5.97 Å². The first-order valence-corrected chi connectivity index (χ1v) is 13.2. The van der Waals surface area contributed by atoms with Gasteiger partial charge in [-0.3, -0.25) is 0 Å². The number of esters is 1. The minimum absolute atomic E-state index is 0.172. The van der Waals surface area contributed by atoms with Crippen LogP contribution in [-0.2, 0) is 9.53 Å². The van der Waals surface area contributed by atoms with Gasteiger partial charge in [-0.25, -0.2) is 14.8 Å². The Bertz CT molecular complexity index is 1020. The molecule has 2 fully saturated rings. The van der Waals surface area contributed by atoms with Crippen LogP contribution in [0.3, 0.4) is 0 Å². The quantitative estimate of drug-likeness (QED) is 0.572. The van der Waals surface area contributed by atoms with Crippen LogP contribution in [0.2, 0.25) is 0 Å². The second kappa shape index (κ2) is 9.18. The molecule has 2 aromatic rings. The lowest BCUT2D eigenvalue weighted by Crippen LogP contribution is -2.45. The summed E-state index contributed by atoms with van der Waals surface area (Å²) in [5.74, 6) is 0.301. The topological polar surface area (TPSA) is 58.0 Å². The number of rotatable bonds is 5. The van der Waals surface area contributed by atoms with E-state index in [4.69, 9.17) is 14.7 Å². The van der Waals surface area contributed by atoms with Crippen LogP contribution in [-0.4, -0.2) is 59.5 Å². The zero-order chi connectivity index (χ0) is 23.0. The number of ether oxygens (including phenoxy) is 1. The third-order valence-electron chi connectivity index (χ3n) is 7.61. The summed E-state index contributed by atoms with van der Waals surface area (Å²) >= 11 is 1.72. The fraction of sp³-hybridized carbons (Fsp3) is 0.577. The summed E-state index contributed by atoms with van der Waals surface area (Å²) in [6, 6.07) is 9.35. The summed E-state index contributed by atoms with van der Waals surface area (Å²) in [4.78, 5) is 27.1. The van der Waals surface area contributed by atoms with Crippen molar-refractivity contribution < 1.29 is 9.53 Å². The number of anilines is 1. The van der Waals surface area contributed by atoms with E-state index in [0.717, 1.165) is 60.7 Å². The molecule has 3 aliphatic rings. The standard InChI is InChI=1S/C26H34N4O2S/c1-18(2)29(3)21-11-15-30(16-12-21)25-27-22(17-33-25)19-7-9-20(10-8-19)23-28-26(24(31)32-23)13-5-4-6-14-26/h7-10,17-18,21H,4-6,11-16H2,1-3H3. The number of benzene rings is 1. The van der Waals surface area contributed by atoms with Crippen molar-refractivity contribution in [2.75, 3.05) is 25.0 Å². The van der Waals surface area contributed by atoms with Gasteiger partial charge in [0.1, 0.15) is 0 Å². The molecule has 6 nitrogen and oxygen atoms in total. The predicted molar refractivity (Wildman–Crippen MR) is 134 cm³/mol. The Balaban J connectivity index is 1.25. The molecular formula is C26H34N4O2S. The maximum atomic E-state index is 12.5. The Morgan fingerprint density at radius 2 is 1.76 bits per heavy atom. The average molecular weight is 467 g/mol. The van der Waals surface area contributed by atoms with Gasteiger partial charge in [0, 0.05) is 41.7 Å². The van der Waals surface area contributed by atoms with Gasteiger partial charge in [-0.05, 0) is 58.7 Å². The van der Waals surface area contributed by atoms with E-state index in [2.05, 4.69) is 48.2 Å². The van der Waals surface area contributed by atoms with Crippen molar-refractivity contribution in [2.24, 2.45) is 4.99 Å². The van der Waals surface area contributed by atoms with Crippen LogP contribution in [0.4, 0.5) is 5.13 Å². The molecular weight excluding hydrogens is 432 g/mol. The van der Waals surface area contributed by atoms with E-state index in [0.29, 0.717) is 18.0 Å². The molecule has 1 aliphatic carbocycles. The lowest BCUT2D eigenvalue weighted by atomic mass is 9.83. The van der Waals surface area contributed by atoms with Crippen molar-refractivity contribution >= 4 is 28.3 Å². The number of aliphatic imine (C=N–C) groups is 1. The van der Waals surface area contributed by atoms with E-state index < -0.39 is 5.54 Å². The predicted octanol–water partition coefficient (Wildman–Crippen LogP) is 5.13. The second-order valence-corrected chi connectivity index (χ2v) is 10.8. The fourth-order valence-electron chi connectivity index (χ4n) is 5.23. The lowest BCUT2D eigenvalue weighted by molar-refractivity contribution is -0.140. The SMILES string of the molecule is CC(C)N(C)C1CCN(c2nc(-c3ccc(C4=NC5(CCCCC5)C(=O)O4)cc3)cs2)CC1. The van der Waals surface area contributed by atoms with Crippen LogP contribution < -0.4 is 4.90 Å². The number of aromatic nitrogens is 1. The minimum atomic E-state index is -0.631. The van der Waals surface area contributed by atoms with Gasteiger partial charge in [-0.1, -0.05) is 31.4 Å². The van der Waals surface area contributed by atoms with Crippen molar-refractivity contribution in [3.05, 3.63) is 35.2 Å². The van der Waals surface area contributed by atoms with Crippen LogP contribution in [0.1, 0.15) is 64.4 Å². The van der Waals surface area contributed by atoms with Gasteiger partial charge in [0.25, 0.3) is 0 Å². The summed E-state index contributed by atoms with van der Waals surface area (Å²) in [6.45, 7) is 6.64. The number of thiazole rings is 1. The normalized spacial score (nSPS) is 21.2. The number of nitrogens with zero attached hydrogens (tertiary/aromatic N) is 4. The van der Waals surface area contributed by atoms with Crippen molar-refractivity contribution in [2.45, 2.75) is 76.4 Å². The fourth-order valence-corrected chi connectivity index (χ4v) is 6.12. The lowest BCUT2D eigenvalue weighted by Gasteiger charge is -2.38. The highest BCUT2D eigenvalue weighted by molar-refractivity contribution is 7.14. The van der Waals surface area contributed by atoms with Crippen molar-refractivity contribution in [3.8, 4) is 11.3 Å². The Morgan fingerprint density at radius 3 is 2.42 bits per heavy atom. The first-order valence-electron chi connectivity index (χ1n) is 12.3. The molecule has 1 spiro atoms. The molecule has 0 N–H and O–H groups in total. The smallest absolute Gasteiger partial charge is 0.340 e. The van der Waals surface area contributed by atoms with Gasteiger partial charge < -0.3 is 14.5 Å². The number of hydrogen-bond acceptors (Lipinski definition) is 7. The van der Waals surface area contributed by atoms with Crippen molar-refractivity contribution in [3.63, 3.8) is 0 Å². The number of cyclic esters (lactones) is 1. The van der Waals surface area contributed by atoms with Gasteiger partial charge >= 0.3 is 5.97 Å².